The second kappa shape index (κ2) is 10.3. The largest absolute Gasteiger partial charge is 0.327 e. The summed E-state index contributed by atoms with van der Waals surface area (Å²) in [6.07, 6.45) is 0.256. The van der Waals surface area contributed by atoms with Crippen molar-refractivity contribution in [2.45, 2.75) is 92.4 Å². The molecule has 34 heavy (non-hydrogen) atoms. The van der Waals surface area contributed by atoms with Crippen LogP contribution in [0.15, 0.2) is 36.4 Å². The van der Waals surface area contributed by atoms with Gasteiger partial charge in [-0.3, -0.25) is 18.7 Å². The smallest absolute Gasteiger partial charge is 0.299 e. The summed E-state index contributed by atoms with van der Waals surface area (Å²) in [6, 6.07) is 12.7. The Hall–Kier alpha value is -2.06. The molecule has 2 aromatic carbocycles. The van der Waals surface area contributed by atoms with Gasteiger partial charge in [0.15, 0.2) is 0 Å². The number of hydrogen-bond acceptors (Lipinski definition) is 2. The summed E-state index contributed by atoms with van der Waals surface area (Å²) in [5.41, 5.74) is 6.52. The van der Waals surface area contributed by atoms with Gasteiger partial charge in [0.25, 0.3) is 0 Å². The molecule has 0 radical (unpaired) electrons. The number of nitrogens with zero attached hydrogens (tertiary/aromatic N) is 2. The van der Waals surface area contributed by atoms with Gasteiger partial charge in [-0.2, -0.15) is 0 Å². The molecule has 1 saturated heterocycles. The Morgan fingerprint density at radius 2 is 1.00 bits per heavy atom. The zero-order chi connectivity index (χ0) is 25.4. The molecule has 0 aromatic heterocycles. The highest BCUT2D eigenvalue weighted by Gasteiger charge is 2.50. The molecular formula is C29H43N2O2P. The quantitative estimate of drug-likeness (QED) is 0.353. The van der Waals surface area contributed by atoms with Gasteiger partial charge in [-0.05, 0) is 45.9 Å². The Bertz CT molecular complexity index is 960. The molecule has 0 unspecified atom stereocenters. The van der Waals surface area contributed by atoms with Crippen molar-refractivity contribution in [3.05, 3.63) is 58.7 Å². The molecule has 0 spiro atoms. The molecule has 186 valence electrons. The van der Waals surface area contributed by atoms with Crippen molar-refractivity contribution in [3.8, 4) is 0 Å². The van der Waals surface area contributed by atoms with Crippen molar-refractivity contribution in [2.75, 3.05) is 22.4 Å². The highest BCUT2D eigenvalue weighted by molar-refractivity contribution is 7.83. The van der Waals surface area contributed by atoms with Crippen LogP contribution in [0.1, 0.15) is 115 Å². The number of carbonyl (C=O) groups is 1. The third kappa shape index (κ3) is 4.47. The van der Waals surface area contributed by atoms with E-state index in [0.717, 1.165) is 11.4 Å². The van der Waals surface area contributed by atoms with Crippen molar-refractivity contribution in [2.24, 2.45) is 0 Å². The van der Waals surface area contributed by atoms with Crippen LogP contribution < -0.4 is 9.34 Å². The highest BCUT2D eigenvalue weighted by atomic mass is 31.2. The van der Waals surface area contributed by atoms with Gasteiger partial charge >= 0.3 is 7.44 Å². The van der Waals surface area contributed by atoms with E-state index in [1.54, 1.807) is 0 Å². The lowest BCUT2D eigenvalue weighted by Gasteiger charge is -2.36. The highest BCUT2D eigenvalue weighted by Crippen LogP contribution is 2.64. The van der Waals surface area contributed by atoms with Crippen molar-refractivity contribution in [1.29, 1.82) is 0 Å². The predicted octanol–water partition coefficient (Wildman–Crippen LogP) is 8.64. The first-order chi connectivity index (χ1) is 16.0. The van der Waals surface area contributed by atoms with Crippen LogP contribution in [-0.2, 0) is 9.36 Å². The number of benzene rings is 2. The number of rotatable bonds is 8. The fourth-order valence-corrected chi connectivity index (χ4v) is 8.12. The second-order valence-corrected chi connectivity index (χ2v) is 13.3. The van der Waals surface area contributed by atoms with E-state index in [9.17, 15) is 4.79 Å². The maximum atomic E-state index is 15.2. The Kier molecular flexibility index (Phi) is 8.03. The predicted molar refractivity (Wildman–Crippen MR) is 147 cm³/mol. The zero-order valence-electron chi connectivity index (χ0n) is 22.6. The molecule has 1 fully saturated rings. The molecule has 0 bridgehead atoms. The summed E-state index contributed by atoms with van der Waals surface area (Å²) in [5, 5.41) is 0. The molecule has 0 aliphatic carbocycles. The molecule has 0 saturated carbocycles. The fraction of sp³-hybridized carbons (Fsp3) is 0.552. The van der Waals surface area contributed by atoms with E-state index in [1.165, 1.54) is 22.3 Å². The van der Waals surface area contributed by atoms with Crippen LogP contribution in [-0.4, -0.2) is 18.6 Å². The average Bonchev–Trinajstić information content (AvgIpc) is 3.14. The molecule has 1 heterocycles. The van der Waals surface area contributed by atoms with E-state index in [-0.39, 0.29) is 35.6 Å². The van der Waals surface area contributed by atoms with Crippen LogP contribution >= 0.6 is 7.44 Å². The Labute approximate surface area is 207 Å². The summed E-state index contributed by atoms with van der Waals surface area (Å²) in [6.45, 7) is 20.4. The lowest BCUT2D eigenvalue weighted by atomic mass is 9.92. The van der Waals surface area contributed by atoms with Gasteiger partial charge in [-0.15, -0.1) is 0 Å². The molecule has 1 aliphatic rings. The summed E-state index contributed by atoms with van der Waals surface area (Å²) in [4.78, 5) is 13.7. The first-order valence-electron chi connectivity index (χ1n) is 12.9. The van der Waals surface area contributed by atoms with E-state index >= 15 is 4.57 Å². The minimum atomic E-state index is -3.56. The molecular weight excluding hydrogens is 439 g/mol. The number of para-hydroxylation sites is 2. The average molecular weight is 483 g/mol. The third-order valence-corrected chi connectivity index (χ3v) is 10.1. The minimum Gasteiger partial charge on any atom is -0.299 e. The standard InChI is InChI=1S/C29H43N2O2P/c1-10-27(32)34(33)30(28-23(19(2)3)13-11-14-24(28)20(4)5)17-18-31(34)29-25(21(6)7)15-12-16-26(29)22(8)9/h11-16,19-22H,10,17-18H2,1-9H3. The van der Waals surface area contributed by atoms with Crippen molar-refractivity contribution >= 4 is 24.3 Å². The van der Waals surface area contributed by atoms with E-state index in [4.69, 9.17) is 0 Å². The molecule has 2 aromatic rings. The van der Waals surface area contributed by atoms with Gasteiger partial charge < -0.3 is 0 Å². The first-order valence-corrected chi connectivity index (χ1v) is 14.5. The molecule has 1 aliphatic heterocycles. The first kappa shape index (κ1) is 26.5. The molecule has 4 nitrogen and oxygen atoms in total. The number of anilines is 2. The summed E-state index contributed by atoms with van der Waals surface area (Å²) in [7, 11) is -3.56. The Morgan fingerprint density at radius 1 is 0.706 bits per heavy atom. The SMILES string of the molecule is CCC(=O)P1(=O)N(c2c(C(C)C)cccc2C(C)C)CCN1c1c(C(C)C)cccc1C(C)C. The Balaban J connectivity index is 2.34. The lowest BCUT2D eigenvalue weighted by Crippen LogP contribution is -2.27. The van der Waals surface area contributed by atoms with Crippen molar-refractivity contribution < 1.29 is 9.36 Å². The van der Waals surface area contributed by atoms with Crippen LogP contribution in [0.4, 0.5) is 11.4 Å². The van der Waals surface area contributed by atoms with Gasteiger partial charge in [0, 0.05) is 19.5 Å². The molecule has 5 heteroatoms. The maximum Gasteiger partial charge on any atom is 0.327 e. The number of carbonyl (C=O) groups excluding carboxylic acids is 1. The van der Waals surface area contributed by atoms with Crippen LogP contribution in [0.3, 0.4) is 0 Å². The van der Waals surface area contributed by atoms with E-state index in [1.807, 2.05) is 16.3 Å². The van der Waals surface area contributed by atoms with Gasteiger partial charge in [-0.25, -0.2) is 0 Å². The van der Waals surface area contributed by atoms with E-state index in [2.05, 4.69) is 91.8 Å². The fourth-order valence-electron chi connectivity index (χ4n) is 5.18. The van der Waals surface area contributed by atoms with Gasteiger partial charge in [0.2, 0.25) is 5.52 Å². The maximum absolute atomic E-state index is 15.2. The normalized spacial score (nSPS) is 15.9. The summed E-state index contributed by atoms with van der Waals surface area (Å²) < 4.78 is 19.2. The van der Waals surface area contributed by atoms with Crippen LogP contribution in [0.5, 0.6) is 0 Å². The van der Waals surface area contributed by atoms with E-state index in [0.29, 0.717) is 13.1 Å². The molecule has 3 rings (SSSR count). The van der Waals surface area contributed by atoms with Gasteiger partial charge in [0.05, 0.1) is 11.4 Å². The molecule has 0 N–H and O–H groups in total. The van der Waals surface area contributed by atoms with Crippen LogP contribution in [0.2, 0.25) is 0 Å². The molecule has 0 amide bonds. The number of hydrogen-bond donors (Lipinski definition) is 0. The van der Waals surface area contributed by atoms with Gasteiger partial charge in [0.1, 0.15) is 0 Å². The summed E-state index contributed by atoms with van der Waals surface area (Å²) >= 11 is 0. The second-order valence-electron chi connectivity index (χ2n) is 10.7. The monoisotopic (exact) mass is 482 g/mol. The van der Waals surface area contributed by atoms with Crippen molar-refractivity contribution in [3.63, 3.8) is 0 Å². The minimum absolute atomic E-state index is 0.161. The molecule has 0 atom stereocenters. The van der Waals surface area contributed by atoms with Crippen LogP contribution in [0, 0.1) is 0 Å². The topological polar surface area (TPSA) is 40.6 Å². The summed E-state index contributed by atoms with van der Waals surface area (Å²) in [5.74, 6) is 1.06. The Morgan fingerprint density at radius 3 is 1.24 bits per heavy atom. The van der Waals surface area contributed by atoms with Gasteiger partial charge in [-0.1, -0.05) is 98.7 Å². The van der Waals surface area contributed by atoms with E-state index < -0.39 is 7.44 Å². The zero-order valence-corrected chi connectivity index (χ0v) is 23.4. The van der Waals surface area contributed by atoms with Crippen LogP contribution in [0.25, 0.3) is 0 Å². The lowest BCUT2D eigenvalue weighted by molar-refractivity contribution is -0.111. The van der Waals surface area contributed by atoms with Crippen molar-refractivity contribution in [1.82, 2.24) is 0 Å². The third-order valence-electron chi connectivity index (χ3n) is 7.01.